The highest BCUT2D eigenvalue weighted by atomic mass is 35.5. The normalized spacial score (nSPS) is 10.7. The number of ether oxygens (including phenoxy) is 1. The summed E-state index contributed by atoms with van der Waals surface area (Å²) in [4.78, 5) is 21.9. The molecule has 118 valence electrons. The van der Waals surface area contributed by atoms with Crippen molar-refractivity contribution in [1.29, 1.82) is 0 Å². The predicted molar refractivity (Wildman–Crippen MR) is 86.0 cm³/mol. The van der Waals surface area contributed by atoms with Crippen LogP contribution in [0.15, 0.2) is 53.5 Å². The highest BCUT2D eigenvalue weighted by Gasteiger charge is 2.18. The van der Waals surface area contributed by atoms with E-state index in [0.717, 1.165) is 0 Å². The van der Waals surface area contributed by atoms with Gasteiger partial charge in [0.05, 0.1) is 10.5 Å². The van der Waals surface area contributed by atoms with Gasteiger partial charge in [0.2, 0.25) is 0 Å². The largest absolute Gasteiger partial charge is 0.458 e. The topological polar surface area (TPSA) is 82.6 Å². The van der Waals surface area contributed by atoms with Crippen LogP contribution in [0, 0.1) is 10.1 Å². The maximum Gasteiger partial charge on any atom is 0.331 e. The number of nitrogens with zero attached hydrogens (tertiary/aromatic N) is 1. The number of carbonyl (C=O) groups excluding carboxylic acids is 1. The number of benzene rings is 1. The fourth-order valence-electron chi connectivity index (χ4n) is 1.79. The first kappa shape index (κ1) is 16.5. The summed E-state index contributed by atoms with van der Waals surface area (Å²) >= 11 is 5.78. The zero-order chi connectivity index (χ0) is 16.8. The Labute approximate surface area is 136 Å². The van der Waals surface area contributed by atoms with Gasteiger partial charge in [-0.3, -0.25) is 10.1 Å². The van der Waals surface area contributed by atoms with E-state index in [-0.39, 0.29) is 17.3 Å². The van der Waals surface area contributed by atoms with E-state index in [0.29, 0.717) is 17.1 Å². The first-order valence-corrected chi connectivity index (χ1v) is 6.89. The zero-order valence-electron chi connectivity index (χ0n) is 11.9. The van der Waals surface area contributed by atoms with Crippen molar-refractivity contribution >= 4 is 29.3 Å². The summed E-state index contributed by atoms with van der Waals surface area (Å²) in [7, 11) is 0. The monoisotopic (exact) mass is 333 g/mol. The summed E-state index contributed by atoms with van der Waals surface area (Å²) in [6.07, 6.45) is 4.06. The van der Waals surface area contributed by atoms with Crippen LogP contribution in [-0.2, 0) is 9.53 Å². The van der Waals surface area contributed by atoms with Gasteiger partial charge in [0.25, 0.3) is 5.69 Å². The first-order valence-electron chi connectivity index (χ1n) is 6.51. The number of rotatable bonds is 6. The molecule has 7 heteroatoms. The van der Waals surface area contributed by atoms with Crippen LogP contribution in [-0.4, -0.2) is 17.5 Å². The molecule has 0 N–H and O–H groups in total. The van der Waals surface area contributed by atoms with Crippen molar-refractivity contribution in [2.24, 2.45) is 0 Å². The second-order valence-electron chi connectivity index (χ2n) is 4.37. The lowest BCUT2D eigenvalue weighted by Crippen LogP contribution is -1.99. The Kier molecular flexibility index (Phi) is 5.32. The van der Waals surface area contributed by atoms with E-state index < -0.39 is 10.9 Å². The Morgan fingerprint density at radius 3 is 2.87 bits per heavy atom. The summed E-state index contributed by atoms with van der Waals surface area (Å²) in [5, 5.41) is 11.4. The van der Waals surface area contributed by atoms with Crippen LogP contribution in [0.3, 0.4) is 0 Å². The summed E-state index contributed by atoms with van der Waals surface area (Å²) < 4.78 is 10.3. The number of carbonyl (C=O) groups is 1. The molecule has 0 saturated heterocycles. The number of nitro benzene ring substituents is 1. The lowest BCUT2D eigenvalue weighted by molar-refractivity contribution is -0.384. The molecule has 0 aliphatic heterocycles. The lowest BCUT2D eigenvalue weighted by Gasteiger charge is -2.00. The lowest BCUT2D eigenvalue weighted by atomic mass is 10.1. The van der Waals surface area contributed by atoms with Gasteiger partial charge < -0.3 is 9.15 Å². The van der Waals surface area contributed by atoms with Crippen LogP contribution in [0.25, 0.3) is 17.4 Å². The maximum atomic E-state index is 11.3. The number of nitro groups is 1. The van der Waals surface area contributed by atoms with Gasteiger partial charge in [-0.1, -0.05) is 24.3 Å². The van der Waals surface area contributed by atoms with Gasteiger partial charge in [0.1, 0.15) is 18.1 Å². The molecule has 0 bridgehead atoms. The van der Waals surface area contributed by atoms with Crippen LogP contribution in [0.2, 0.25) is 5.02 Å². The van der Waals surface area contributed by atoms with Crippen molar-refractivity contribution in [1.82, 2.24) is 0 Å². The van der Waals surface area contributed by atoms with E-state index in [2.05, 4.69) is 6.58 Å². The SMILES string of the molecule is C=CCOC(=O)/C=C/c1ccc(-c2ccc(Cl)cc2[N+](=O)[O-])o1. The average molecular weight is 334 g/mol. The number of hydrogen-bond acceptors (Lipinski definition) is 5. The molecule has 0 aliphatic rings. The van der Waals surface area contributed by atoms with Gasteiger partial charge in [-0.2, -0.15) is 0 Å². The molecule has 0 aliphatic carbocycles. The van der Waals surface area contributed by atoms with Crippen molar-refractivity contribution in [2.75, 3.05) is 6.61 Å². The Morgan fingerprint density at radius 2 is 2.17 bits per heavy atom. The third-order valence-corrected chi connectivity index (χ3v) is 3.01. The van der Waals surface area contributed by atoms with Crippen molar-refractivity contribution in [3.8, 4) is 11.3 Å². The van der Waals surface area contributed by atoms with Crippen LogP contribution >= 0.6 is 11.6 Å². The standard InChI is InChI=1S/C16H12ClNO5/c1-2-9-22-16(19)8-5-12-4-7-15(23-12)13-6-3-11(17)10-14(13)18(20)21/h2-8,10H,1,9H2/b8-5+. The molecule has 23 heavy (non-hydrogen) atoms. The van der Waals surface area contributed by atoms with Crippen molar-refractivity contribution < 1.29 is 18.9 Å². The molecule has 0 atom stereocenters. The summed E-state index contributed by atoms with van der Waals surface area (Å²) in [5.41, 5.74) is 0.140. The van der Waals surface area contributed by atoms with E-state index in [1.54, 1.807) is 12.1 Å². The number of hydrogen-bond donors (Lipinski definition) is 0. The molecule has 0 fully saturated rings. The molecule has 1 heterocycles. The molecule has 0 radical (unpaired) electrons. The van der Waals surface area contributed by atoms with Gasteiger partial charge >= 0.3 is 5.97 Å². The number of furan rings is 1. The quantitative estimate of drug-likeness (QED) is 0.259. The van der Waals surface area contributed by atoms with Gasteiger partial charge in [0, 0.05) is 17.2 Å². The molecule has 2 aromatic rings. The van der Waals surface area contributed by atoms with E-state index in [1.165, 1.54) is 36.4 Å². The second-order valence-corrected chi connectivity index (χ2v) is 4.81. The molecule has 0 spiro atoms. The maximum absolute atomic E-state index is 11.3. The van der Waals surface area contributed by atoms with Crippen molar-refractivity contribution in [3.05, 3.63) is 70.0 Å². The van der Waals surface area contributed by atoms with Gasteiger partial charge in [-0.25, -0.2) is 4.79 Å². The van der Waals surface area contributed by atoms with Gasteiger partial charge in [-0.15, -0.1) is 0 Å². The first-order chi connectivity index (χ1) is 11.0. The molecular weight excluding hydrogens is 322 g/mol. The molecule has 0 unspecified atom stereocenters. The van der Waals surface area contributed by atoms with Crippen LogP contribution in [0.4, 0.5) is 5.69 Å². The molecule has 0 amide bonds. The molecular formula is C16H12ClNO5. The molecule has 1 aromatic heterocycles. The van der Waals surface area contributed by atoms with E-state index in [1.807, 2.05) is 0 Å². The summed E-state index contributed by atoms with van der Waals surface area (Å²) in [6, 6.07) is 7.46. The average Bonchev–Trinajstić information content (AvgIpc) is 2.99. The Morgan fingerprint density at radius 1 is 1.39 bits per heavy atom. The summed E-state index contributed by atoms with van der Waals surface area (Å²) in [6.45, 7) is 3.55. The smallest absolute Gasteiger partial charge is 0.331 e. The second kappa shape index (κ2) is 7.42. The van der Waals surface area contributed by atoms with Crippen molar-refractivity contribution in [2.45, 2.75) is 0 Å². The summed E-state index contributed by atoms with van der Waals surface area (Å²) in [5.74, 6) is 0.118. The Balaban J connectivity index is 2.23. The minimum absolute atomic E-state index is 0.115. The molecule has 0 saturated carbocycles. The fourth-order valence-corrected chi connectivity index (χ4v) is 1.96. The molecule has 1 aromatic carbocycles. The van der Waals surface area contributed by atoms with Crippen molar-refractivity contribution in [3.63, 3.8) is 0 Å². The van der Waals surface area contributed by atoms with Crippen LogP contribution in [0.5, 0.6) is 0 Å². The Hall–Kier alpha value is -2.86. The molecule has 2 rings (SSSR count). The van der Waals surface area contributed by atoms with E-state index >= 15 is 0 Å². The third kappa shape index (κ3) is 4.31. The predicted octanol–water partition coefficient (Wildman–Crippen LogP) is 4.25. The van der Waals surface area contributed by atoms with Crippen LogP contribution in [0.1, 0.15) is 5.76 Å². The third-order valence-electron chi connectivity index (χ3n) is 2.78. The minimum atomic E-state index is -0.541. The van der Waals surface area contributed by atoms with Gasteiger partial charge in [0.15, 0.2) is 0 Å². The fraction of sp³-hybridized carbons (Fsp3) is 0.0625. The highest BCUT2D eigenvalue weighted by molar-refractivity contribution is 6.30. The van der Waals surface area contributed by atoms with Gasteiger partial charge in [-0.05, 0) is 30.3 Å². The highest BCUT2D eigenvalue weighted by Crippen LogP contribution is 2.33. The number of esters is 1. The van der Waals surface area contributed by atoms with E-state index in [4.69, 9.17) is 20.8 Å². The Bertz CT molecular complexity index is 779. The van der Waals surface area contributed by atoms with Crippen LogP contribution < -0.4 is 0 Å². The molecule has 6 nitrogen and oxygen atoms in total. The minimum Gasteiger partial charge on any atom is -0.458 e. The number of halogens is 1. The zero-order valence-corrected chi connectivity index (χ0v) is 12.7. The van der Waals surface area contributed by atoms with E-state index in [9.17, 15) is 14.9 Å².